The Balaban J connectivity index is 2.31. The Morgan fingerprint density at radius 3 is 2.60 bits per heavy atom. The maximum atomic E-state index is 12.4. The van der Waals surface area contributed by atoms with Crippen LogP contribution >= 0.6 is 11.6 Å². The van der Waals surface area contributed by atoms with Crippen LogP contribution in [-0.2, 0) is 16.6 Å². The first kappa shape index (κ1) is 15.8. The molecule has 0 saturated heterocycles. The number of hydrogen-bond acceptors (Lipinski definition) is 3. The van der Waals surface area contributed by atoms with Crippen molar-refractivity contribution in [3.63, 3.8) is 0 Å². The minimum atomic E-state index is -3.48. The predicted molar refractivity (Wildman–Crippen MR) is 81.5 cm³/mol. The van der Waals surface area contributed by atoms with Gasteiger partial charge in [0, 0.05) is 17.6 Å². The summed E-state index contributed by atoms with van der Waals surface area (Å²) in [5.41, 5.74) is 1.69. The van der Waals surface area contributed by atoms with Crippen molar-refractivity contribution in [3.8, 4) is 0 Å². The number of sulfonamides is 1. The molecular weight excluding hydrogens is 296 g/mol. The molecule has 112 valence electrons. The first-order valence-corrected chi connectivity index (χ1v) is 8.82. The third-order valence-corrected chi connectivity index (χ3v) is 5.58. The SMILES string of the molecule is CCNCc1cc(Cl)cc(S(=O)(=O)NC2CCC2)c1C. The quantitative estimate of drug-likeness (QED) is 0.848. The second-order valence-corrected chi connectivity index (χ2v) is 7.34. The first-order chi connectivity index (χ1) is 9.44. The lowest BCUT2D eigenvalue weighted by Gasteiger charge is -2.26. The molecule has 1 fully saturated rings. The molecule has 0 atom stereocenters. The van der Waals surface area contributed by atoms with Gasteiger partial charge >= 0.3 is 0 Å². The lowest BCUT2D eigenvalue weighted by Crippen LogP contribution is -2.39. The highest BCUT2D eigenvalue weighted by Crippen LogP contribution is 2.27. The Kier molecular flexibility index (Phi) is 5.07. The second kappa shape index (κ2) is 6.43. The predicted octanol–water partition coefficient (Wildman–Crippen LogP) is 2.59. The van der Waals surface area contributed by atoms with Gasteiger partial charge in [-0.25, -0.2) is 13.1 Å². The molecule has 0 radical (unpaired) electrons. The van der Waals surface area contributed by atoms with Crippen LogP contribution in [0.5, 0.6) is 0 Å². The van der Waals surface area contributed by atoms with Gasteiger partial charge in [0.1, 0.15) is 0 Å². The molecule has 2 N–H and O–H groups in total. The van der Waals surface area contributed by atoms with Crippen LogP contribution < -0.4 is 10.0 Å². The molecule has 0 aromatic heterocycles. The van der Waals surface area contributed by atoms with Crippen LogP contribution in [-0.4, -0.2) is 21.0 Å². The van der Waals surface area contributed by atoms with Crippen molar-refractivity contribution in [1.82, 2.24) is 10.0 Å². The molecule has 4 nitrogen and oxygen atoms in total. The molecule has 0 spiro atoms. The zero-order chi connectivity index (χ0) is 14.8. The molecule has 1 aliphatic carbocycles. The highest BCUT2D eigenvalue weighted by Gasteiger charge is 2.26. The van der Waals surface area contributed by atoms with Crippen LogP contribution in [0.15, 0.2) is 17.0 Å². The van der Waals surface area contributed by atoms with Gasteiger partial charge in [0.05, 0.1) is 4.90 Å². The van der Waals surface area contributed by atoms with E-state index in [1.807, 2.05) is 19.9 Å². The summed E-state index contributed by atoms with van der Waals surface area (Å²) in [5, 5.41) is 3.66. The van der Waals surface area contributed by atoms with Crippen LogP contribution in [0.25, 0.3) is 0 Å². The Hall–Kier alpha value is -0.620. The lowest BCUT2D eigenvalue weighted by atomic mass is 9.94. The second-order valence-electron chi connectivity index (χ2n) is 5.22. The molecule has 6 heteroatoms. The molecule has 1 aromatic rings. The van der Waals surface area contributed by atoms with E-state index in [0.717, 1.165) is 36.9 Å². The number of rotatable bonds is 6. The van der Waals surface area contributed by atoms with Gasteiger partial charge in [-0.1, -0.05) is 24.9 Å². The molecule has 0 amide bonds. The zero-order valence-corrected chi connectivity index (χ0v) is 13.4. The van der Waals surface area contributed by atoms with Crippen LogP contribution in [0.1, 0.15) is 37.3 Å². The van der Waals surface area contributed by atoms with Crippen molar-refractivity contribution in [3.05, 3.63) is 28.3 Å². The van der Waals surface area contributed by atoms with Crippen LogP contribution in [0.2, 0.25) is 5.02 Å². The molecule has 0 heterocycles. The maximum absolute atomic E-state index is 12.4. The van der Waals surface area contributed by atoms with Gasteiger partial charge in [-0.05, 0) is 49.6 Å². The molecule has 20 heavy (non-hydrogen) atoms. The molecule has 0 aliphatic heterocycles. The summed E-state index contributed by atoms with van der Waals surface area (Å²) in [4.78, 5) is 0.296. The standard InChI is InChI=1S/C14H21ClN2O2S/c1-3-16-9-11-7-12(15)8-14(10(11)2)20(18,19)17-13-5-4-6-13/h7-8,13,16-17H,3-6,9H2,1-2H3. The molecule has 0 bridgehead atoms. The molecule has 0 unspecified atom stereocenters. The summed E-state index contributed by atoms with van der Waals surface area (Å²) >= 11 is 6.07. The highest BCUT2D eigenvalue weighted by atomic mass is 35.5. The van der Waals surface area contributed by atoms with Gasteiger partial charge < -0.3 is 5.32 Å². The van der Waals surface area contributed by atoms with Crippen molar-refractivity contribution in [2.75, 3.05) is 6.54 Å². The Labute approximate surface area is 126 Å². The summed E-state index contributed by atoms with van der Waals surface area (Å²) in [6, 6.07) is 3.44. The van der Waals surface area contributed by atoms with E-state index in [2.05, 4.69) is 10.0 Å². The van der Waals surface area contributed by atoms with E-state index in [-0.39, 0.29) is 6.04 Å². The number of benzene rings is 1. The fourth-order valence-corrected chi connectivity index (χ4v) is 4.16. The first-order valence-electron chi connectivity index (χ1n) is 6.96. The molecule has 1 aromatic carbocycles. The summed E-state index contributed by atoms with van der Waals surface area (Å²) < 4.78 is 27.6. The summed E-state index contributed by atoms with van der Waals surface area (Å²) in [5.74, 6) is 0. The van der Waals surface area contributed by atoms with E-state index in [9.17, 15) is 8.42 Å². The van der Waals surface area contributed by atoms with Gasteiger partial charge in [-0.3, -0.25) is 0 Å². The largest absolute Gasteiger partial charge is 0.313 e. The van der Waals surface area contributed by atoms with Gasteiger partial charge in [-0.2, -0.15) is 0 Å². The summed E-state index contributed by atoms with van der Waals surface area (Å²) in [7, 11) is -3.48. The van der Waals surface area contributed by atoms with Crippen LogP contribution in [0.3, 0.4) is 0 Å². The van der Waals surface area contributed by atoms with Gasteiger partial charge in [0.25, 0.3) is 0 Å². The minimum absolute atomic E-state index is 0.0793. The average Bonchev–Trinajstić information content (AvgIpc) is 2.34. The number of halogens is 1. The monoisotopic (exact) mass is 316 g/mol. The fourth-order valence-electron chi connectivity index (χ4n) is 2.24. The van der Waals surface area contributed by atoms with Crippen molar-refractivity contribution in [2.45, 2.75) is 50.6 Å². The molecule has 2 rings (SSSR count). The summed E-state index contributed by atoms with van der Waals surface area (Å²) in [6.07, 6.45) is 2.93. The molecular formula is C14H21ClN2O2S. The van der Waals surface area contributed by atoms with E-state index >= 15 is 0 Å². The Morgan fingerprint density at radius 1 is 1.35 bits per heavy atom. The van der Waals surface area contributed by atoms with E-state index < -0.39 is 10.0 Å². The third-order valence-electron chi connectivity index (χ3n) is 3.71. The van der Waals surface area contributed by atoms with Gasteiger partial charge in [-0.15, -0.1) is 0 Å². The van der Waals surface area contributed by atoms with Gasteiger partial charge in [0.2, 0.25) is 10.0 Å². The fraction of sp³-hybridized carbons (Fsp3) is 0.571. The summed E-state index contributed by atoms with van der Waals surface area (Å²) in [6.45, 7) is 5.29. The van der Waals surface area contributed by atoms with E-state index in [1.54, 1.807) is 0 Å². The van der Waals surface area contributed by atoms with Gasteiger partial charge in [0.15, 0.2) is 0 Å². The van der Waals surface area contributed by atoms with Crippen molar-refractivity contribution in [1.29, 1.82) is 0 Å². The zero-order valence-electron chi connectivity index (χ0n) is 11.9. The van der Waals surface area contributed by atoms with E-state index in [0.29, 0.717) is 16.5 Å². The van der Waals surface area contributed by atoms with Crippen molar-refractivity contribution < 1.29 is 8.42 Å². The van der Waals surface area contributed by atoms with Crippen LogP contribution in [0.4, 0.5) is 0 Å². The Bertz CT molecular complexity index is 583. The number of hydrogen-bond donors (Lipinski definition) is 2. The highest BCUT2D eigenvalue weighted by molar-refractivity contribution is 7.89. The average molecular weight is 317 g/mol. The maximum Gasteiger partial charge on any atom is 0.241 e. The van der Waals surface area contributed by atoms with Crippen molar-refractivity contribution in [2.24, 2.45) is 0 Å². The number of nitrogens with one attached hydrogen (secondary N) is 2. The van der Waals surface area contributed by atoms with Crippen molar-refractivity contribution >= 4 is 21.6 Å². The molecule has 1 aliphatic rings. The topological polar surface area (TPSA) is 58.2 Å². The Morgan fingerprint density at radius 2 is 2.05 bits per heavy atom. The molecule has 1 saturated carbocycles. The third kappa shape index (κ3) is 3.52. The van der Waals surface area contributed by atoms with E-state index in [1.165, 1.54) is 6.07 Å². The minimum Gasteiger partial charge on any atom is -0.313 e. The van der Waals surface area contributed by atoms with E-state index in [4.69, 9.17) is 11.6 Å². The van der Waals surface area contributed by atoms with Crippen LogP contribution in [0, 0.1) is 6.92 Å². The smallest absolute Gasteiger partial charge is 0.241 e. The lowest BCUT2D eigenvalue weighted by molar-refractivity contribution is 0.383. The normalized spacial score (nSPS) is 16.1.